The van der Waals surface area contributed by atoms with Gasteiger partial charge in [-0.05, 0) is 75.7 Å². The fourth-order valence-electron chi connectivity index (χ4n) is 5.16. The van der Waals surface area contributed by atoms with E-state index < -0.39 is 0 Å². The molecule has 2 bridgehead atoms. The van der Waals surface area contributed by atoms with Gasteiger partial charge in [-0.3, -0.25) is 14.7 Å². The van der Waals surface area contributed by atoms with Crippen LogP contribution in [0.3, 0.4) is 0 Å². The molecule has 3 saturated heterocycles. The lowest BCUT2D eigenvalue weighted by Crippen LogP contribution is -2.59. The Hall–Kier alpha value is -2.41. The minimum atomic E-state index is 0.0623. The van der Waals surface area contributed by atoms with Crippen LogP contribution in [0.15, 0.2) is 18.2 Å². The zero-order chi connectivity index (χ0) is 19.5. The number of nitrogens with zero attached hydrogens (tertiary/aromatic N) is 3. The SMILES string of the molecule is O=C(Nc1ccc2c(C(=O)N(C3CC3)[C@@H]3CN4CCC3CC4)n[nH]c2c1)C1CC1. The highest BCUT2D eigenvalue weighted by atomic mass is 16.2. The van der Waals surface area contributed by atoms with Gasteiger partial charge in [-0.2, -0.15) is 5.10 Å². The summed E-state index contributed by atoms with van der Waals surface area (Å²) < 4.78 is 0. The van der Waals surface area contributed by atoms with Crippen molar-refractivity contribution in [2.45, 2.75) is 50.6 Å². The third kappa shape index (κ3) is 3.12. The van der Waals surface area contributed by atoms with Gasteiger partial charge in [0.05, 0.1) is 5.52 Å². The minimum Gasteiger partial charge on any atom is -0.330 e. The average molecular weight is 393 g/mol. The van der Waals surface area contributed by atoms with Crippen LogP contribution >= 0.6 is 0 Å². The number of benzene rings is 1. The van der Waals surface area contributed by atoms with Crippen molar-refractivity contribution in [3.05, 3.63) is 23.9 Å². The summed E-state index contributed by atoms with van der Waals surface area (Å²) in [5.74, 6) is 0.937. The third-order valence-corrected chi connectivity index (χ3v) is 7.13. The second-order valence-electron chi connectivity index (χ2n) is 9.25. The molecule has 29 heavy (non-hydrogen) atoms. The average Bonchev–Trinajstić information content (AvgIpc) is 3.66. The number of amides is 2. The Balaban J connectivity index is 1.27. The third-order valence-electron chi connectivity index (χ3n) is 7.13. The first-order valence-corrected chi connectivity index (χ1v) is 11.0. The second kappa shape index (κ2) is 6.55. The Labute approximate surface area is 169 Å². The van der Waals surface area contributed by atoms with E-state index in [9.17, 15) is 9.59 Å². The Morgan fingerprint density at radius 3 is 2.55 bits per heavy atom. The standard InChI is InChI=1S/C22H27N5O2/c28-21(14-1-2-14)23-15-3-6-17-18(11-15)24-25-20(17)22(29)27(16-4-5-16)19-12-26-9-7-13(19)8-10-26/h3,6,11,13-14,16,19H,1-2,4-5,7-10,12H2,(H,23,28)(H,24,25)/t19-/m1/s1. The van der Waals surface area contributed by atoms with E-state index in [4.69, 9.17) is 0 Å². The van der Waals surface area contributed by atoms with Gasteiger partial charge in [-0.25, -0.2) is 0 Å². The molecule has 2 amide bonds. The number of anilines is 1. The lowest BCUT2D eigenvalue weighted by atomic mass is 9.83. The molecule has 0 spiro atoms. The van der Waals surface area contributed by atoms with Gasteiger partial charge in [-0.15, -0.1) is 0 Å². The van der Waals surface area contributed by atoms with Crippen molar-refractivity contribution in [1.29, 1.82) is 0 Å². The van der Waals surface area contributed by atoms with Gasteiger partial charge >= 0.3 is 0 Å². The minimum absolute atomic E-state index is 0.0623. The van der Waals surface area contributed by atoms with E-state index in [-0.39, 0.29) is 17.7 Å². The first kappa shape index (κ1) is 17.4. The summed E-state index contributed by atoms with van der Waals surface area (Å²) in [6.07, 6.45) is 6.57. The molecule has 1 atom stereocenters. The van der Waals surface area contributed by atoms with Crippen LogP contribution in [0.5, 0.6) is 0 Å². The molecule has 7 heteroatoms. The molecule has 2 aliphatic carbocycles. The van der Waals surface area contributed by atoms with Gasteiger partial charge in [0.25, 0.3) is 5.91 Å². The molecule has 1 aromatic heterocycles. The van der Waals surface area contributed by atoms with Crippen LogP contribution in [0.1, 0.15) is 49.0 Å². The molecular formula is C22H27N5O2. The van der Waals surface area contributed by atoms with Gasteiger partial charge < -0.3 is 15.1 Å². The van der Waals surface area contributed by atoms with E-state index in [0.717, 1.165) is 48.8 Å². The van der Waals surface area contributed by atoms with Gasteiger partial charge in [0.2, 0.25) is 5.91 Å². The molecule has 3 aliphatic heterocycles. The fourth-order valence-corrected chi connectivity index (χ4v) is 5.16. The van der Waals surface area contributed by atoms with Crippen molar-refractivity contribution in [2.24, 2.45) is 11.8 Å². The van der Waals surface area contributed by atoms with Crippen LogP contribution in [-0.4, -0.2) is 63.5 Å². The number of piperidine rings is 3. The largest absolute Gasteiger partial charge is 0.330 e. The molecule has 0 unspecified atom stereocenters. The van der Waals surface area contributed by atoms with Crippen molar-refractivity contribution >= 4 is 28.4 Å². The fraction of sp³-hybridized carbons (Fsp3) is 0.591. The van der Waals surface area contributed by atoms with Gasteiger partial charge in [0.1, 0.15) is 0 Å². The van der Waals surface area contributed by atoms with E-state index in [2.05, 4.69) is 25.3 Å². The van der Waals surface area contributed by atoms with E-state index in [1.807, 2.05) is 18.2 Å². The molecule has 7 nitrogen and oxygen atoms in total. The van der Waals surface area contributed by atoms with E-state index >= 15 is 0 Å². The van der Waals surface area contributed by atoms with Crippen molar-refractivity contribution in [3.8, 4) is 0 Å². The Bertz CT molecular complexity index is 969. The zero-order valence-electron chi connectivity index (χ0n) is 16.6. The predicted molar refractivity (Wildman–Crippen MR) is 110 cm³/mol. The molecule has 0 radical (unpaired) electrons. The number of aromatic amines is 1. The number of aromatic nitrogens is 2. The number of carbonyl (C=O) groups is 2. The smallest absolute Gasteiger partial charge is 0.275 e. The number of carbonyl (C=O) groups excluding carboxylic acids is 2. The van der Waals surface area contributed by atoms with Crippen molar-refractivity contribution in [3.63, 3.8) is 0 Å². The molecule has 1 aromatic carbocycles. The van der Waals surface area contributed by atoms with Crippen LogP contribution in [0.25, 0.3) is 10.9 Å². The van der Waals surface area contributed by atoms with E-state index in [0.29, 0.717) is 23.7 Å². The highest BCUT2D eigenvalue weighted by molar-refractivity contribution is 6.06. The van der Waals surface area contributed by atoms with Crippen molar-refractivity contribution in [2.75, 3.05) is 25.0 Å². The first-order valence-electron chi connectivity index (χ1n) is 11.0. The number of H-pyrrole nitrogens is 1. The number of rotatable bonds is 5. The van der Waals surface area contributed by atoms with Crippen LogP contribution in [-0.2, 0) is 4.79 Å². The Morgan fingerprint density at radius 2 is 1.90 bits per heavy atom. The van der Waals surface area contributed by atoms with Crippen molar-refractivity contribution in [1.82, 2.24) is 20.0 Å². The molecular weight excluding hydrogens is 366 g/mol. The van der Waals surface area contributed by atoms with Gasteiger partial charge in [-0.1, -0.05) is 0 Å². The number of nitrogens with one attached hydrogen (secondary N) is 2. The summed E-state index contributed by atoms with van der Waals surface area (Å²) >= 11 is 0. The van der Waals surface area contributed by atoms with Crippen LogP contribution in [0, 0.1) is 11.8 Å². The quantitative estimate of drug-likeness (QED) is 0.818. The van der Waals surface area contributed by atoms with E-state index in [1.165, 1.54) is 25.9 Å². The summed E-state index contributed by atoms with van der Waals surface area (Å²) in [7, 11) is 0. The topological polar surface area (TPSA) is 81.3 Å². The van der Waals surface area contributed by atoms with Gasteiger partial charge in [0.15, 0.2) is 5.69 Å². The van der Waals surface area contributed by atoms with Crippen LogP contribution in [0.4, 0.5) is 5.69 Å². The monoisotopic (exact) mass is 393 g/mol. The predicted octanol–water partition coefficient (Wildman–Crippen LogP) is 2.61. The van der Waals surface area contributed by atoms with Crippen LogP contribution in [0.2, 0.25) is 0 Å². The molecule has 4 heterocycles. The summed E-state index contributed by atoms with van der Waals surface area (Å²) in [5.41, 5.74) is 2.07. The lowest BCUT2D eigenvalue weighted by Gasteiger charge is -2.49. The maximum Gasteiger partial charge on any atom is 0.275 e. The number of hydrogen-bond acceptors (Lipinski definition) is 4. The highest BCUT2D eigenvalue weighted by Gasteiger charge is 2.45. The maximum atomic E-state index is 13.6. The van der Waals surface area contributed by atoms with Crippen molar-refractivity contribution < 1.29 is 9.59 Å². The number of fused-ring (bicyclic) bond motifs is 4. The van der Waals surface area contributed by atoms with Crippen LogP contribution < -0.4 is 5.32 Å². The highest BCUT2D eigenvalue weighted by Crippen LogP contribution is 2.38. The molecule has 152 valence electrons. The molecule has 5 aliphatic rings. The Kier molecular flexibility index (Phi) is 3.94. The maximum absolute atomic E-state index is 13.6. The molecule has 7 rings (SSSR count). The lowest BCUT2D eigenvalue weighted by molar-refractivity contribution is -0.117. The summed E-state index contributed by atoms with van der Waals surface area (Å²) in [5, 5.41) is 11.2. The normalized spacial score (nSPS) is 28.5. The van der Waals surface area contributed by atoms with E-state index in [1.54, 1.807) is 0 Å². The Morgan fingerprint density at radius 1 is 1.10 bits per heavy atom. The zero-order valence-corrected chi connectivity index (χ0v) is 16.6. The molecule has 2 saturated carbocycles. The molecule has 2 N–H and O–H groups in total. The summed E-state index contributed by atoms with van der Waals surface area (Å²) in [4.78, 5) is 30.3. The summed E-state index contributed by atoms with van der Waals surface area (Å²) in [6.45, 7) is 3.36. The molecule has 5 fully saturated rings. The van der Waals surface area contributed by atoms with Gasteiger partial charge in [0, 0.05) is 35.6 Å². The molecule has 2 aromatic rings. The summed E-state index contributed by atoms with van der Waals surface area (Å²) in [6, 6.07) is 6.37. The number of hydrogen-bond donors (Lipinski definition) is 2. The second-order valence-corrected chi connectivity index (χ2v) is 9.25. The first-order chi connectivity index (χ1) is 14.2.